The van der Waals surface area contributed by atoms with Gasteiger partial charge < -0.3 is 14.6 Å². The van der Waals surface area contributed by atoms with E-state index in [-0.39, 0.29) is 0 Å². The standard InChI is InChI=1S/C21H24O4/c1-14(2)20(22)25-19(21(3,4)23)17-8-6-15(7-9-17)16-10-12-18(24-5)13-11-16/h6-13,19,23H,1H2,2-5H3. The number of hydrogen-bond donors (Lipinski definition) is 1. The van der Waals surface area contributed by atoms with Crippen LogP contribution in [0.3, 0.4) is 0 Å². The maximum absolute atomic E-state index is 11.9. The molecule has 2 aromatic carbocycles. The number of esters is 1. The molecule has 0 radical (unpaired) electrons. The molecule has 4 nitrogen and oxygen atoms in total. The lowest BCUT2D eigenvalue weighted by Gasteiger charge is -2.29. The zero-order chi connectivity index (χ0) is 18.6. The minimum Gasteiger partial charge on any atom is -0.497 e. The van der Waals surface area contributed by atoms with Crippen LogP contribution in [0.1, 0.15) is 32.4 Å². The van der Waals surface area contributed by atoms with Crippen LogP contribution in [0, 0.1) is 0 Å². The van der Waals surface area contributed by atoms with Crippen LogP contribution in [0.4, 0.5) is 0 Å². The fraction of sp³-hybridized carbons (Fsp3) is 0.286. The van der Waals surface area contributed by atoms with E-state index < -0.39 is 17.7 Å². The minimum absolute atomic E-state index is 0.295. The zero-order valence-corrected chi connectivity index (χ0v) is 15.1. The van der Waals surface area contributed by atoms with E-state index in [2.05, 4.69) is 6.58 Å². The minimum atomic E-state index is -1.22. The molecular formula is C21H24O4. The van der Waals surface area contributed by atoms with Gasteiger partial charge in [0.1, 0.15) is 11.4 Å². The normalized spacial score (nSPS) is 12.4. The van der Waals surface area contributed by atoms with Crippen molar-refractivity contribution in [1.29, 1.82) is 0 Å². The molecule has 2 rings (SSSR count). The van der Waals surface area contributed by atoms with Crippen LogP contribution < -0.4 is 4.74 Å². The molecule has 4 heteroatoms. The molecule has 1 N–H and O–H groups in total. The van der Waals surface area contributed by atoms with Crippen LogP contribution in [-0.2, 0) is 9.53 Å². The van der Waals surface area contributed by atoms with E-state index in [1.165, 1.54) is 0 Å². The van der Waals surface area contributed by atoms with Crippen molar-refractivity contribution in [3.8, 4) is 16.9 Å². The number of carbonyl (C=O) groups excluding carboxylic acids is 1. The Morgan fingerprint density at radius 2 is 1.52 bits per heavy atom. The van der Waals surface area contributed by atoms with E-state index in [9.17, 15) is 9.90 Å². The summed E-state index contributed by atoms with van der Waals surface area (Å²) >= 11 is 0. The molecular weight excluding hydrogens is 316 g/mol. The van der Waals surface area contributed by atoms with Crippen LogP contribution >= 0.6 is 0 Å². The van der Waals surface area contributed by atoms with Crippen molar-refractivity contribution in [3.63, 3.8) is 0 Å². The fourth-order valence-electron chi connectivity index (χ4n) is 2.46. The first-order valence-electron chi connectivity index (χ1n) is 8.05. The first kappa shape index (κ1) is 18.7. The highest BCUT2D eigenvalue weighted by atomic mass is 16.6. The summed E-state index contributed by atoms with van der Waals surface area (Å²) in [7, 11) is 1.63. The molecule has 0 saturated carbocycles. The second kappa shape index (κ2) is 7.53. The Morgan fingerprint density at radius 1 is 1.04 bits per heavy atom. The average Bonchev–Trinajstić information content (AvgIpc) is 2.58. The average molecular weight is 340 g/mol. The number of hydrogen-bond acceptors (Lipinski definition) is 4. The Bertz CT molecular complexity index is 737. The third-order valence-corrected chi connectivity index (χ3v) is 3.85. The van der Waals surface area contributed by atoms with Gasteiger partial charge in [0.2, 0.25) is 0 Å². The van der Waals surface area contributed by atoms with E-state index in [0.29, 0.717) is 5.57 Å². The highest BCUT2D eigenvalue weighted by Gasteiger charge is 2.32. The molecule has 0 fully saturated rings. The van der Waals surface area contributed by atoms with Gasteiger partial charge in [0.15, 0.2) is 6.10 Å². The van der Waals surface area contributed by atoms with Crippen molar-refractivity contribution in [2.45, 2.75) is 32.5 Å². The van der Waals surface area contributed by atoms with Crippen molar-refractivity contribution >= 4 is 5.97 Å². The van der Waals surface area contributed by atoms with Gasteiger partial charge >= 0.3 is 5.97 Å². The third-order valence-electron chi connectivity index (χ3n) is 3.85. The van der Waals surface area contributed by atoms with Gasteiger partial charge in [-0.15, -0.1) is 0 Å². The largest absolute Gasteiger partial charge is 0.497 e. The monoisotopic (exact) mass is 340 g/mol. The van der Waals surface area contributed by atoms with Crippen LogP contribution in [0.15, 0.2) is 60.7 Å². The smallest absolute Gasteiger partial charge is 0.333 e. The molecule has 0 aromatic heterocycles. The fourth-order valence-corrected chi connectivity index (χ4v) is 2.46. The molecule has 0 aliphatic rings. The first-order valence-corrected chi connectivity index (χ1v) is 8.05. The highest BCUT2D eigenvalue weighted by molar-refractivity contribution is 5.87. The molecule has 1 atom stereocenters. The van der Waals surface area contributed by atoms with Gasteiger partial charge in [-0.25, -0.2) is 4.79 Å². The molecule has 25 heavy (non-hydrogen) atoms. The van der Waals surface area contributed by atoms with Crippen LogP contribution in [0.2, 0.25) is 0 Å². The quantitative estimate of drug-likeness (QED) is 0.629. The molecule has 0 aliphatic heterocycles. The predicted molar refractivity (Wildman–Crippen MR) is 98.4 cm³/mol. The summed E-state index contributed by atoms with van der Waals surface area (Å²) in [4.78, 5) is 11.9. The van der Waals surface area contributed by atoms with Gasteiger partial charge in [-0.1, -0.05) is 43.0 Å². The Labute approximate surface area is 148 Å². The topological polar surface area (TPSA) is 55.8 Å². The van der Waals surface area contributed by atoms with Crippen molar-refractivity contribution in [2.24, 2.45) is 0 Å². The lowest BCUT2D eigenvalue weighted by molar-refractivity contribution is -0.158. The van der Waals surface area contributed by atoms with Crippen molar-refractivity contribution in [2.75, 3.05) is 7.11 Å². The molecule has 2 aromatic rings. The summed E-state index contributed by atoms with van der Waals surface area (Å²) < 4.78 is 10.6. The summed E-state index contributed by atoms with van der Waals surface area (Å²) in [5, 5.41) is 10.4. The number of carbonyl (C=O) groups is 1. The number of aliphatic hydroxyl groups is 1. The second-order valence-corrected chi connectivity index (χ2v) is 6.57. The molecule has 0 heterocycles. The Kier molecular flexibility index (Phi) is 5.65. The van der Waals surface area contributed by atoms with Gasteiger partial charge in [-0.2, -0.15) is 0 Å². The summed E-state index contributed by atoms with van der Waals surface area (Å²) in [6.07, 6.45) is -0.776. The number of methoxy groups -OCH3 is 1. The van der Waals surface area contributed by atoms with E-state index in [1.807, 2.05) is 48.5 Å². The Morgan fingerprint density at radius 3 is 1.92 bits per heavy atom. The van der Waals surface area contributed by atoms with E-state index in [4.69, 9.17) is 9.47 Å². The summed E-state index contributed by atoms with van der Waals surface area (Å²) in [5.41, 5.74) is 1.87. The molecule has 132 valence electrons. The molecule has 0 saturated heterocycles. The molecule has 0 aliphatic carbocycles. The summed E-state index contributed by atoms with van der Waals surface area (Å²) in [5.74, 6) is 0.278. The second-order valence-electron chi connectivity index (χ2n) is 6.57. The van der Waals surface area contributed by atoms with Gasteiger partial charge in [0.05, 0.1) is 7.11 Å². The SMILES string of the molecule is C=C(C)C(=O)OC(c1ccc(-c2ccc(OC)cc2)cc1)C(C)(C)O. The van der Waals surface area contributed by atoms with E-state index in [0.717, 1.165) is 22.4 Å². The van der Waals surface area contributed by atoms with Crippen molar-refractivity contribution < 1.29 is 19.4 Å². The Hall–Kier alpha value is -2.59. The molecule has 0 amide bonds. The number of rotatable bonds is 6. The maximum atomic E-state index is 11.9. The Balaban J connectivity index is 2.28. The van der Waals surface area contributed by atoms with Crippen LogP contribution in [-0.4, -0.2) is 23.8 Å². The van der Waals surface area contributed by atoms with Gasteiger partial charge in [0.25, 0.3) is 0 Å². The first-order chi connectivity index (χ1) is 11.7. The van der Waals surface area contributed by atoms with Crippen LogP contribution in [0.25, 0.3) is 11.1 Å². The predicted octanol–water partition coefficient (Wildman–Crippen LogP) is 4.29. The molecule has 0 spiro atoms. The van der Waals surface area contributed by atoms with E-state index in [1.54, 1.807) is 27.9 Å². The van der Waals surface area contributed by atoms with E-state index >= 15 is 0 Å². The number of ether oxygens (including phenoxy) is 2. The van der Waals surface area contributed by atoms with Crippen LogP contribution in [0.5, 0.6) is 5.75 Å². The van der Waals surface area contributed by atoms with Gasteiger partial charge in [0, 0.05) is 5.57 Å². The van der Waals surface area contributed by atoms with Gasteiger partial charge in [-0.3, -0.25) is 0 Å². The summed E-state index contributed by atoms with van der Waals surface area (Å²) in [6.45, 7) is 8.39. The lowest BCUT2D eigenvalue weighted by atomic mass is 9.93. The third kappa shape index (κ3) is 4.70. The van der Waals surface area contributed by atoms with Crippen molar-refractivity contribution in [1.82, 2.24) is 0 Å². The maximum Gasteiger partial charge on any atom is 0.333 e. The molecule has 1 unspecified atom stereocenters. The highest BCUT2D eigenvalue weighted by Crippen LogP contribution is 2.32. The van der Waals surface area contributed by atoms with Crippen molar-refractivity contribution in [3.05, 3.63) is 66.2 Å². The summed E-state index contributed by atoms with van der Waals surface area (Å²) in [6, 6.07) is 15.3. The number of benzene rings is 2. The zero-order valence-electron chi connectivity index (χ0n) is 15.1. The lowest BCUT2D eigenvalue weighted by Crippen LogP contribution is -2.32. The molecule has 0 bridgehead atoms. The van der Waals surface area contributed by atoms with Gasteiger partial charge in [-0.05, 0) is 49.6 Å².